The molecule has 19 heavy (non-hydrogen) atoms. The Labute approximate surface area is 123 Å². The third-order valence-electron chi connectivity index (χ3n) is 2.20. The van der Waals surface area contributed by atoms with Gasteiger partial charge in [-0.3, -0.25) is 0 Å². The number of hydrogen-bond acceptors (Lipinski definition) is 4. The molecule has 0 fully saturated rings. The summed E-state index contributed by atoms with van der Waals surface area (Å²) < 4.78 is 40.4. The Bertz CT molecular complexity index is 548. The molecule has 0 amide bonds. The van der Waals surface area contributed by atoms with Crippen molar-refractivity contribution in [3.05, 3.63) is 29.6 Å². The van der Waals surface area contributed by atoms with E-state index < -0.39 is 26.7 Å². The summed E-state index contributed by atoms with van der Waals surface area (Å²) in [4.78, 5) is 11.2. The molecule has 0 radical (unpaired) electrons. The molecule has 0 aromatic heterocycles. The number of hydrogen-bond donors (Lipinski definition) is 1. The second-order valence-electron chi connectivity index (χ2n) is 3.67. The number of primary sulfonamides is 1. The molecule has 1 aromatic carbocycles. The zero-order chi connectivity index (χ0) is 13.8. The van der Waals surface area contributed by atoms with Gasteiger partial charge in [-0.25, -0.2) is 22.7 Å². The Morgan fingerprint density at radius 2 is 2.05 bits per heavy atom. The number of halogens is 1. The molecule has 8 heteroatoms. The maximum atomic E-state index is 13.0. The van der Waals surface area contributed by atoms with Crippen molar-refractivity contribution in [3.8, 4) is 0 Å². The van der Waals surface area contributed by atoms with E-state index in [4.69, 9.17) is 9.88 Å². The molecule has 0 aliphatic rings. The van der Waals surface area contributed by atoms with Crippen LogP contribution in [0.25, 0.3) is 0 Å². The van der Waals surface area contributed by atoms with E-state index in [2.05, 4.69) is 0 Å². The Balaban J connectivity index is 0.00000324. The van der Waals surface area contributed by atoms with Gasteiger partial charge in [0.2, 0.25) is 10.0 Å². The van der Waals surface area contributed by atoms with Crippen LogP contribution in [0.1, 0.15) is 30.1 Å². The molecule has 0 aliphatic carbocycles. The summed E-state index contributed by atoms with van der Waals surface area (Å²) in [6, 6.07) is 2.66. The van der Waals surface area contributed by atoms with Gasteiger partial charge in [0, 0.05) is 0 Å². The minimum absolute atomic E-state index is 0. The normalized spacial score (nSPS) is 10.7. The Morgan fingerprint density at radius 1 is 1.42 bits per heavy atom. The van der Waals surface area contributed by atoms with Gasteiger partial charge in [0.25, 0.3) is 0 Å². The van der Waals surface area contributed by atoms with Crippen molar-refractivity contribution in [1.29, 1.82) is 0 Å². The molecule has 0 saturated heterocycles. The summed E-state index contributed by atoms with van der Waals surface area (Å²) in [6.45, 7) is 2.06. The Kier molecular flexibility index (Phi) is 7.30. The third-order valence-corrected chi connectivity index (χ3v) is 3.17. The molecule has 0 bridgehead atoms. The van der Waals surface area contributed by atoms with E-state index in [1.807, 2.05) is 6.92 Å². The predicted octanol–water partition coefficient (Wildman–Crippen LogP) is 0.782. The van der Waals surface area contributed by atoms with Gasteiger partial charge in [0.15, 0.2) is 0 Å². The van der Waals surface area contributed by atoms with E-state index in [0.717, 1.165) is 24.6 Å². The first-order valence-electron chi connectivity index (χ1n) is 5.35. The fourth-order valence-corrected chi connectivity index (χ4v) is 2.00. The van der Waals surface area contributed by atoms with Crippen LogP contribution in [0.15, 0.2) is 23.1 Å². The first-order valence-corrected chi connectivity index (χ1v) is 6.90. The van der Waals surface area contributed by atoms with Gasteiger partial charge in [0.1, 0.15) is 5.82 Å². The van der Waals surface area contributed by atoms with Crippen LogP contribution in [0.4, 0.5) is 4.39 Å². The topological polar surface area (TPSA) is 86.5 Å². The van der Waals surface area contributed by atoms with Crippen molar-refractivity contribution in [3.63, 3.8) is 0 Å². The van der Waals surface area contributed by atoms with Gasteiger partial charge < -0.3 is 4.74 Å². The number of carbonyl (C=O) groups is 1. The molecule has 5 nitrogen and oxygen atoms in total. The third kappa shape index (κ3) is 5.33. The van der Waals surface area contributed by atoms with E-state index in [9.17, 15) is 17.6 Å². The van der Waals surface area contributed by atoms with Crippen LogP contribution in [0.5, 0.6) is 0 Å². The molecule has 1 rings (SSSR count). The fraction of sp³-hybridized carbons (Fsp3) is 0.364. The van der Waals surface area contributed by atoms with Gasteiger partial charge >= 0.3 is 24.8 Å². The first-order chi connectivity index (χ1) is 8.36. The number of benzene rings is 1. The number of sulfonamides is 1. The molecule has 102 valence electrons. The number of unbranched alkanes of at least 4 members (excludes halogenated alkanes) is 1. The monoisotopic (exact) mass is 283 g/mol. The summed E-state index contributed by atoms with van der Waals surface area (Å²) in [5.41, 5.74) is -0.381. The number of nitrogens with two attached hydrogens (primary N) is 1. The van der Waals surface area contributed by atoms with Crippen molar-refractivity contribution < 1.29 is 22.3 Å². The zero-order valence-corrected chi connectivity index (χ0v) is 10.7. The molecule has 0 heterocycles. The quantitative estimate of drug-likeness (QED) is 0.491. The van der Waals surface area contributed by atoms with E-state index in [-0.39, 0.29) is 31.0 Å². The van der Waals surface area contributed by atoms with Crippen LogP contribution in [0.2, 0.25) is 0 Å². The summed E-state index contributed by atoms with van der Waals surface area (Å²) in [5, 5.41) is 4.94. The van der Waals surface area contributed by atoms with Crippen LogP contribution in [0, 0.1) is 5.82 Å². The number of esters is 1. The van der Waals surface area contributed by atoms with Crippen molar-refractivity contribution in [2.45, 2.75) is 24.7 Å². The molecule has 0 saturated carbocycles. The predicted molar refractivity (Wildman–Crippen MR) is 70.1 cm³/mol. The van der Waals surface area contributed by atoms with Gasteiger partial charge in [0.05, 0.1) is 17.1 Å². The van der Waals surface area contributed by atoms with Gasteiger partial charge in [-0.1, -0.05) is 13.3 Å². The SMILES string of the molecule is CCCCOC(=O)c1cc(F)ccc1S(N)(=O)=O.[LiH]. The average Bonchev–Trinajstić information content (AvgIpc) is 2.27. The van der Waals surface area contributed by atoms with Crippen molar-refractivity contribution in [2.24, 2.45) is 5.14 Å². The summed E-state index contributed by atoms with van der Waals surface area (Å²) in [5.74, 6) is -1.63. The summed E-state index contributed by atoms with van der Waals surface area (Å²) >= 11 is 0. The number of rotatable bonds is 5. The number of carbonyl (C=O) groups excluding carboxylic acids is 1. The molecule has 0 aliphatic heterocycles. The molecule has 2 N–H and O–H groups in total. The maximum absolute atomic E-state index is 13.0. The van der Waals surface area contributed by atoms with Crippen LogP contribution in [0.3, 0.4) is 0 Å². The average molecular weight is 283 g/mol. The van der Waals surface area contributed by atoms with Gasteiger partial charge in [-0.05, 0) is 24.6 Å². The van der Waals surface area contributed by atoms with Crippen LogP contribution in [-0.4, -0.2) is 39.9 Å². The molecule has 0 spiro atoms. The summed E-state index contributed by atoms with van der Waals surface area (Å²) in [6.07, 6.45) is 1.46. The molecule has 0 atom stereocenters. The van der Waals surface area contributed by atoms with Crippen LogP contribution < -0.4 is 5.14 Å². The van der Waals surface area contributed by atoms with E-state index >= 15 is 0 Å². The van der Waals surface area contributed by atoms with E-state index in [1.54, 1.807) is 0 Å². The standard InChI is InChI=1S/C11H14FNO4S.Li.H/c1-2-3-6-17-11(14)9-7-8(12)4-5-10(9)18(13,15)16;;/h4-5,7H,2-3,6H2,1H3,(H2,13,15,16);;. The first kappa shape index (κ1) is 18.1. The van der Waals surface area contributed by atoms with Crippen molar-refractivity contribution >= 4 is 34.9 Å². The van der Waals surface area contributed by atoms with E-state index in [0.29, 0.717) is 6.42 Å². The van der Waals surface area contributed by atoms with Crippen molar-refractivity contribution in [1.82, 2.24) is 0 Å². The number of ether oxygens (including phenoxy) is 1. The van der Waals surface area contributed by atoms with Gasteiger partial charge in [-0.2, -0.15) is 0 Å². The van der Waals surface area contributed by atoms with Gasteiger partial charge in [-0.15, -0.1) is 0 Å². The summed E-state index contributed by atoms with van der Waals surface area (Å²) in [7, 11) is -4.09. The van der Waals surface area contributed by atoms with E-state index in [1.165, 1.54) is 0 Å². The second-order valence-corrected chi connectivity index (χ2v) is 5.20. The van der Waals surface area contributed by atoms with Crippen molar-refractivity contribution in [2.75, 3.05) is 6.61 Å². The molecule has 1 aromatic rings. The Hall–Kier alpha value is -0.873. The zero-order valence-electron chi connectivity index (χ0n) is 9.85. The molecular weight excluding hydrogens is 268 g/mol. The Morgan fingerprint density at radius 3 is 2.58 bits per heavy atom. The minimum atomic E-state index is -4.09. The van der Waals surface area contributed by atoms with Crippen LogP contribution >= 0.6 is 0 Å². The second kappa shape index (κ2) is 7.65. The molecular formula is C11H15FLiNO4S. The molecule has 0 unspecified atom stereocenters. The fourth-order valence-electron chi connectivity index (χ4n) is 1.30. The van der Waals surface area contributed by atoms with Crippen LogP contribution in [-0.2, 0) is 14.8 Å².